The van der Waals surface area contributed by atoms with Gasteiger partial charge in [0.05, 0.1) is 5.69 Å². The molecule has 1 aromatic heterocycles. The number of rotatable bonds is 4. The van der Waals surface area contributed by atoms with Crippen molar-refractivity contribution < 1.29 is 14.3 Å². The maximum Gasteiger partial charge on any atom is 0.339 e. The maximum absolute atomic E-state index is 12.3. The average Bonchev–Trinajstić information content (AvgIpc) is 2.56. The maximum atomic E-state index is 12.3. The van der Waals surface area contributed by atoms with Gasteiger partial charge in [-0.3, -0.25) is 4.79 Å². The van der Waals surface area contributed by atoms with Gasteiger partial charge in [-0.25, -0.2) is 4.79 Å². The SMILES string of the molecule is Cc1ccc2c(C)c(CCC(=O)Nc3ccccc3O)c(=O)oc2c1. The fourth-order valence-electron chi connectivity index (χ4n) is 2.82. The van der Waals surface area contributed by atoms with E-state index in [9.17, 15) is 14.7 Å². The number of amides is 1. The average molecular weight is 337 g/mol. The summed E-state index contributed by atoms with van der Waals surface area (Å²) in [4.78, 5) is 24.4. The Balaban J connectivity index is 1.79. The lowest BCUT2D eigenvalue weighted by atomic mass is 10.0. The minimum Gasteiger partial charge on any atom is -0.506 e. The zero-order valence-electron chi connectivity index (χ0n) is 14.1. The Morgan fingerprint density at radius 3 is 2.68 bits per heavy atom. The van der Waals surface area contributed by atoms with E-state index in [2.05, 4.69) is 5.32 Å². The molecule has 0 unspecified atom stereocenters. The third-order valence-electron chi connectivity index (χ3n) is 4.22. The van der Waals surface area contributed by atoms with E-state index in [4.69, 9.17) is 4.42 Å². The summed E-state index contributed by atoms with van der Waals surface area (Å²) in [6, 6.07) is 12.2. The molecule has 0 spiro atoms. The van der Waals surface area contributed by atoms with E-state index in [0.29, 0.717) is 16.8 Å². The Labute approximate surface area is 144 Å². The van der Waals surface area contributed by atoms with Gasteiger partial charge in [-0.15, -0.1) is 0 Å². The van der Waals surface area contributed by atoms with Gasteiger partial charge in [-0.1, -0.05) is 24.3 Å². The minimum atomic E-state index is -0.411. The van der Waals surface area contributed by atoms with Crippen molar-refractivity contribution in [3.63, 3.8) is 0 Å². The molecule has 0 aliphatic carbocycles. The van der Waals surface area contributed by atoms with Crippen LogP contribution >= 0.6 is 0 Å². The fraction of sp³-hybridized carbons (Fsp3) is 0.200. The lowest BCUT2D eigenvalue weighted by Gasteiger charge is -2.09. The number of benzene rings is 2. The van der Waals surface area contributed by atoms with E-state index < -0.39 is 5.63 Å². The van der Waals surface area contributed by atoms with Crippen molar-refractivity contribution >= 4 is 22.6 Å². The van der Waals surface area contributed by atoms with Gasteiger partial charge >= 0.3 is 5.63 Å². The van der Waals surface area contributed by atoms with Crippen molar-refractivity contribution in [2.45, 2.75) is 26.7 Å². The fourth-order valence-corrected chi connectivity index (χ4v) is 2.82. The largest absolute Gasteiger partial charge is 0.506 e. The van der Waals surface area contributed by atoms with Crippen molar-refractivity contribution in [3.05, 3.63) is 69.6 Å². The van der Waals surface area contributed by atoms with Crippen LogP contribution in [0.15, 0.2) is 51.7 Å². The highest BCUT2D eigenvalue weighted by molar-refractivity contribution is 5.92. The van der Waals surface area contributed by atoms with E-state index in [-0.39, 0.29) is 24.5 Å². The van der Waals surface area contributed by atoms with Gasteiger partial charge in [0.1, 0.15) is 11.3 Å². The van der Waals surface area contributed by atoms with Gasteiger partial charge in [0, 0.05) is 17.4 Å². The molecule has 0 saturated carbocycles. The van der Waals surface area contributed by atoms with Crippen LogP contribution in [0.1, 0.15) is 23.1 Å². The summed E-state index contributed by atoms with van der Waals surface area (Å²) in [7, 11) is 0. The normalized spacial score (nSPS) is 10.8. The highest BCUT2D eigenvalue weighted by atomic mass is 16.4. The standard InChI is InChI=1S/C20H19NO4/c1-12-7-8-14-13(2)15(20(24)25-18(14)11-12)9-10-19(23)21-16-5-3-4-6-17(16)22/h3-8,11,22H,9-10H2,1-2H3,(H,21,23). The molecule has 5 nitrogen and oxygen atoms in total. The van der Waals surface area contributed by atoms with Gasteiger partial charge < -0.3 is 14.8 Å². The third kappa shape index (κ3) is 3.55. The van der Waals surface area contributed by atoms with Gasteiger partial charge in [-0.05, 0) is 49.6 Å². The Kier molecular flexibility index (Phi) is 4.57. The van der Waals surface area contributed by atoms with Crippen LogP contribution in [0.2, 0.25) is 0 Å². The Morgan fingerprint density at radius 2 is 1.92 bits per heavy atom. The van der Waals surface area contributed by atoms with Crippen LogP contribution in [0.25, 0.3) is 11.0 Å². The topological polar surface area (TPSA) is 79.5 Å². The number of fused-ring (bicyclic) bond motifs is 1. The van der Waals surface area contributed by atoms with Crippen LogP contribution in [0.3, 0.4) is 0 Å². The van der Waals surface area contributed by atoms with Crippen molar-refractivity contribution in [2.75, 3.05) is 5.32 Å². The second-order valence-corrected chi connectivity index (χ2v) is 6.06. The molecule has 0 saturated heterocycles. The van der Waals surface area contributed by atoms with Crippen LogP contribution in [0, 0.1) is 13.8 Å². The summed E-state index contributed by atoms with van der Waals surface area (Å²) in [5.74, 6) is -0.267. The molecule has 5 heteroatoms. The molecule has 25 heavy (non-hydrogen) atoms. The highest BCUT2D eigenvalue weighted by Gasteiger charge is 2.14. The molecule has 0 fully saturated rings. The molecule has 0 bridgehead atoms. The lowest BCUT2D eigenvalue weighted by molar-refractivity contribution is -0.116. The monoisotopic (exact) mass is 337 g/mol. The second-order valence-electron chi connectivity index (χ2n) is 6.06. The Bertz CT molecular complexity index is 1000. The van der Waals surface area contributed by atoms with E-state index in [1.54, 1.807) is 18.2 Å². The first-order chi connectivity index (χ1) is 12.0. The molecule has 128 valence electrons. The molecule has 0 atom stereocenters. The number of aromatic hydroxyl groups is 1. The van der Waals surface area contributed by atoms with Crippen LogP contribution in [-0.2, 0) is 11.2 Å². The zero-order valence-corrected chi connectivity index (χ0v) is 14.1. The molecule has 0 aliphatic heterocycles. The number of carbonyl (C=O) groups excluding carboxylic acids is 1. The van der Waals surface area contributed by atoms with Crippen LogP contribution in [0.5, 0.6) is 5.75 Å². The first-order valence-corrected chi connectivity index (χ1v) is 8.06. The highest BCUT2D eigenvalue weighted by Crippen LogP contribution is 2.23. The van der Waals surface area contributed by atoms with E-state index >= 15 is 0 Å². The molecule has 3 rings (SSSR count). The number of anilines is 1. The summed E-state index contributed by atoms with van der Waals surface area (Å²) < 4.78 is 5.40. The predicted molar refractivity (Wildman–Crippen MR) is 97.0 cm³/mol. The van der Waals surface area contributed by atoms with Crippen LogP contribution < -0.4 is 10.9 Å². The van der Waals surface area contributed by atoms with Crippen molar-refractivity contribution in [1.82, 2.24) is 0 Å². The summed E-state index contributed by atoms with van der Waals surface area (Å²) in [6.07, 6.45) is 0.398. The predicted octanol–water partition coefficient (Wildman–Crippen LogP) is 3.69. The van der Waals surface area contributed by atoms with Crippen molar-refractivity contribution in [1.29, 1.82) is 0 Å². The van der Waals surface area contributed by atoms with Crippen LogP contribution in [0.4, 0.5) is 5.69 Å². The Morgan fingerprint density at radius 1 is 1.16 bits per heavy atom. The Hall–Kier alpha value is -3.08. The minimum absolute atomic E-state index is 0.00706. The molecule has 3 aromatic rings. The molecule has 1 amide bonds. The first kappa shape index (κ1) is 16.8. The molecular formula is C20H19NO4. The van der Waals surface area contributed by atoms with E-state index in [0.717, 1.165) is 16.5 Å². The first-order valence-electron chi connectivity index (χ1n) is 8.06. The van der Waals surface area contributed by atoms with Crippen LogP contribution in [-0.4, -0.2) is 11.0 Å². The molecular weight excluding hydrogens is 318 g/mol. The third-order valence-corrected chi connectivity index (χ3v) is 4.22. The summed E-state index contributed by atoms with van der Waals surface area (Å²) in [6.45, 7) is 3.80. The van der Waals surface area contributed by atoms with Gasteiger partial charge in [0.15, 0.2) is 0 Å². The summed E-state index contributed by atoms with van der Waals surface area (Å²) in [5, 5.41) is 13.2. The van der Waals surface area contributed by atoms with Crippen molar-refractivity contribution in [3.8, 4) is 5.75 Å². The zero-order chi connectivity index (χ0) is 18.0. The lowest BCUT2D eigenvalue weighted by Crippen LogP contribution is -2.16. The number of hydrogen-bond donors (Lipinski definition) is 2. The van der Waals surface area contributed by atoms with Gasteiger partial charge in [0.25, 0.3) is 0 Å². The van der Waals surface area contributed by atoms with Crippen molar-refractivity contribution in [2.24, 2.45) is 0 Å². The number of carbonyl (C=O) groups is 1. The quantitative estimate of drug-likeness (QED) is 0.562. The molecule has 2 aromatic carbocycles. The smallest absolute Gasteiger partial charge is 0.339 e. The number of para-hydroxylation sites is 2. The van der Waals surface area contributed by atoms with E-state index in [1.807, 2.05) is 32.0 Å². The second kappa shape index (κ2) is 6.81. The number of phenols is 1. The number of phenolic OH excluding ortho intramolecular Hbond substituents is 1. The van der Waals surface area contributed by atoms with E-state index in [1.165, 1.54) is 6.07 Å². The number of aryl methyl sites for hydroxylation is 2. The summed E-state index contributed by atoms with van der Waals surface area (Å²) in [5.41, 5.74) is 2.86. The molecule has 1 heterocycles. The van der Waals surface area contributed by atoms with Gasteiger partial charge in [0.2, 0.25) is 5.91 Å². The molecule has 0 aliphatic rings. The number of hydrogen-bond acceptors (Lipinski definition) is 4. The molecule has 2 N–H and O–H groups in total. The van der Waals surface area contributed by atoms with Gasteiger partial charge in [-0.2, -0.15) is 0 Å². The molecule has 0 radical (unpaired) electrons. The summed E-state index contributed by atoms with van der Waals surface area (Å²) >= 11 is 0. The number of nitrogens with one attached hydrogen (secondary N) is 1.